The monoisotopic (exact) mass is 269 g/mol. The predicted molar refractivity (Wildman–Crippen MR) is 69.5 cm³/mol. The van der Waals surface area contributed by atoms with Gasteiger partial charge in [-0.05, 0) is 43.9 Å². The molecule has 18 heavy (non-hydrogen) atoms. The molecule has 1 aromatic rings. The second kappa shape index (κ2) is 5.06. The van der Waals surface area contributed by atoms with Gasteiger partial charge in [0.2, 0.25) is 0 Å². The summed E-state index contributed by atoms with van der Waals surface area (Å²) in [4.78, 5) is 0. The average molecular weight is 270 g/mol. The third-order valence-corrected chi connectivity index (χ3v) is 4.20. The first kappa shape index (κ1) is 12.2. The lowest BCUT2D eigenvalue weighted by Crippen LogP contribution is -2.31. The molecule has 0 amide bonds. The smallest absolute Gasteiger partial charge is 0.145 e. The van der Waals surface area contributed by atoms with Crippen LogP contribution in [-0.4, -0.2) is 19.2 Å². The molecular formula is C14H17ClFNO. The fourth-order valence-corrected chi connectivity index (χ4v) is 2.85. The summed E-state index contributed by atoms with van der Waals surface area (Å²) in [5.74, 6) is 1.22. The third-order valence-electron chi connectivity index (χ3n) is 3.83. The van der Waals surface area contributed by atoms with Crippen molar-refractivity contribution in [2.24, 2.45) is 11.8 Å². The van der Waals surface area contributed by atoms with Crippen molar-refractivity contribution in [1.29, 1.82) is 0 Å². The van der Waals surface area contributed by atoms with E-state index in [1.165, 1.54) is 18.9 Å². The Morgan fingerprint density at radius 3 is 2.78 bits per heavy atom. The van der Waals surface area contributed by atoms with E-state index in [0.29, 0.717) is 17.6 Å². The van der Waals surface area contributed by atoms with Crippen molar-refractivity contribution in [2.45, 2.75) is 25.4 Å². The fourth-order valence-electron chi connectivity index (χ4n) is 2.68. The third kappa shape index (κ3) is 2.47. The maximum Gasteiger partial charge on any atom is 0.145 e. The van der Waals surface area contributed by atoms with Crippen molar-refractivity contribution in [3.05, 3.63) is 29.0 Å². The number of ether oxygens (including phenoxy) is 1. The van der Waals surface area contributed by atoms with Crippen LogP contribution in [-0.2, 0) is 0 Å². The summed E-state index contributed by atoms with van der Waals surface area (Å²) >= 11 is 5.95. The number of hydrogen-bond donors (Lipinski definition) is 1. The molecule has 0 unspecified atom stereocenters. The minimum Gasteiger partial charge on any atom is -0.488 e. The molecule has 98 valence electrons. The maximum absolute atomic E-state index is 13.4. The summed E-state index contributed by atoms with van der Waals surface area (Å²) in [5.41, 5.74) is 0. The lowest BCUT2D eigenvalue weighted by Gasteiger charge is -2.24. The van der Waals surface area contributed by atoms with Crippen LogP contribution in [0.5, 0.6) is 5.75 Å². The molecule has 1 N–H and O–H groups in total. The zero-order valence-corrected chi connectivity index (χ0v) is 10.9. The van der Waals surface area contributed by atoms with Crippen molar-refractivity contribution < 1.29 is 9.13 Å². The number of benzene rings is 1. The fraction of sp³-hybridized carbons (Fsp3) is 0.571. The van der Waals surface area contributed by atoms with Crippen LogP contribution in [0, 0.1) is 17.7 Å². The Kier molecular flexibility index (Phi) is 3.44. The van der Waals surface area contributed by atoms with Gasteiger partial charge in [0, 0.05) is 12.5 Å². The SMILES string of the molecule is Fc1cccc(O[C@@H](C2CC2)[C@H]2CCNC2)c1Cl. The van der Waals surface area contributed by atoms with Crippen LogP contribution >= 0.6 is 11.6 Å². The highest BCUT2D eigenvalue weighted by Gasteiger charge is 2.39. The van der Waals surface area contributed by atoms with E-state index in [9.17, 15) is 4.39 Å². The maximum atomic E-state index is 13.4. The van der Waals surface area contributed by atoms with Crippen LogP contribution in [0.4, 0.5) is 4.39 Å². The van der Waals surface area contributed by atoms with E-state index in [-0.39, 0.29) is 11.1 Å². The topological polar surface area (TPSA) is 21.3 Å². The van der Waals surface area contributed by atoms with Gasteiger partial charge in [-0.1, -0.05) is 17.7 Å². The molecule has 1 aromatic carbocycles. The molecule has 1 aliphatic heterocycles. The number of halogens is 2. The van der Waals surface area contributed by atoms with Gasteiger partial charge in [0.25, 0.3) is 0 Å². The Bertz CT molecular complexity index is 430. The van der Waals surface area contributed by atoms with Gasteiger partial charge in [-0.2, -0.15) is 0 Å². The van der Waals surface area contributed by atoms with E-state index >= 15 is 0 Å². The zero-order valence-electron chi connectivity index (χ0n) is 10.2. The molecular weight excluding hydrogens is 253 g/mol. The van der Waals surface area contributed by atoms with Crippen LogP contribution in [0.15, 0.2) is 18.2 Å². The Morgan fingerprint density at radius 1 is 1.28 bits per heavy atom. The van der Waals surface area contributed by atoms with Gasteiger partial charge in [0.05, 0.1) is 0 Å². The lowest BCUT2D eigenvalue weighted by molar-refractivity contribution is 0.120. The molecule has 3 rings (SSSR count). The van der Waals surface area contributed by atoms with Gasteiger partial charge in [-0.25, -0.2) is 4.39 Å². The van der Waals surface area contributed by atoms with Crippen LogP contribution in [0.25, 0.3) is 0 Å². The Hall–Kier alpha value is -0.800. The molecule has 1 saturated carbocycles. The van der Waals surface area contributed by atoms with Crippen LogP contribution < -0.4 is 10.1 Å². The molecule has 2 aliphatic rings. The molecule has 0 radical (unpaired) electrons. The molecule has 1 saturated heterocycles. The van der Waals surface area contributed by atoms with Gasteiger partial charge in [-0.3, -0.25) is 0 Å². The first-order valence-corrected chi connectivity index (χ1v) is 6.95. The van der Waals surface area contributed by atoms with E-state index in [4.69, 9.17) is 16.3 Å². The van der Waals surface area contributed by atoms with Crippen molar-refractivity contribution in [3.63, 3.8) is 0 Å². The number of nitrogens with one attached hydrogen (secondary N) is 1. The van der Waals surface area contributed by atoms with E-state index in [2.05, 4.69) is 5.32 Å². The molecule has 1 aliphatic carbocycles. The predicted octanol–water partition coefficient (Wildman–Crippen LogP) is 3.25. The summed E-state index contributed by atoms with van der Waals surface area (Å²) in [6.45, 7) is 2.04. The zero-order chi connectivity index (χ0) is 12.5. The first-order valence-electron chi connectivity index (χ1n) is 6.57. The Balaban J connectivity index is 1.77. The minimum atomic E-state index is -0.409. The molecule has 2 nitrogen and oxygen atoms in total. The van der Waals surface area contributed by atoms with Gasteiger partial charge in [0.1, 0.15) is 22.7 Å². The van der Waals surface area contributed by atoms with Crippen molar-refractivity contribution in [1.82, 2.24) is 5.32 Å². The Labute approximate surface area is 111 Å². The Morgan fingerprint density at radius 2 is 2.11 bits per heavy atom. The second-order valence-corrected chi connectivity index (χ2v) is 5.60. The lowest BCUT2D eigenvalue weighted by atomic mass is 9.97. The van der Waals surface area contributed by atoms with Crippen LogP contribution in [0.1, 0.15) is 19.3 Å². The standard InChI is InChI=1S/C14H17ClFNO/c15-13-11(16)2-1-3-12(13)18-14(9-4-5-9)10-6-7-17-8-10/h1-3,9-10,14,17H,4-8H2/t10-,14-/m0/s1. The molecule has 0 aromatic heterocycles. The van der Waals surface area contributed by atoms with Gasteiger partial charge in [0.15, 0.2) is 0 Å². The number of hydrogen-bond acceptors (Lipinski definition) is 2. The average Bonchev–Trinajstić information content (AvgIpc) is 3.06. The van der Waals surface area contributed by atoms with Gasteiger partial charge < -0.3 is 10.1 Å². The molecule has 2 atom stereocenters. The van der Waals surface area contributed by atoms with Crippen molar-refractivity contribution in [3.8, 4) is 5.75 Å². The van der Waals surface area contributed by atoms with E-state index < -0.39 is 5.82 Å². The molecule has 2 fully saturated rings. The first-order chi connectivity index (χ1) is 8.75. The van der Waals surface area contributed by atoms with E-state index in [0.717, 1.165) is 19.5 Å². The summed E-state index contributed by atoms with van der Waals surface area (Å²) < 4.78 is 19.4. The highest BCUT2D eigenvalue weighted by atomic mass is 35.5. The summed E-state index contributed by atoms with van der Waals surface area (Å²) in [5, 5.41) is 3.47. The van der Waals surface area contributed by atoms with Crippen LogP contribution in [0.3, 0.4) is 0 Å². The summed E-state index contributed by atoms with van der Waals surface area (Å²) in [6.07, 6.45) is 3.75. The summed E-state index contributed by atoms with van der Waals surface area (Å²) in [6, 6.07) is 4.76. The summed E-state index contributed by atoms with van der Waals surface area (Å²) in [7, 11) is 0. The quantitative estimate of drug-likeness (QED) is 0.906. The van der Waals surface area contributed by atoms with E-state index in [1.807, 2.05) is 0 Å². The van der Waals surface area contributed by atoms with Crippen molar-refractivity contribution >= 4 is 11.6 Å². The molecule has 4 heteroatoms. The molecule has 0 bridgehead atoms. The second-order valence-electron chi connectivity index (χ2n) is 5.22. The largest absolute Gasteiger partial charge is 0.488 e. The highest BCUT2D eigenvalue weighted by Crippen LogP contribution is 2.41. The van der Waals surface area contributed by atoms with Crippen LogP contribution in [0.2, 0.25) is 5.02 Å². The molecule has 0 spiro atoms. The molecule has 1 heterocycles. The van der Waals surface area contributed by atoms with Gasteiger partial charge >= 0.3 is 0 Å². The van der Waals surface area contributed by atoms with Crippen molar-refractivity contribution in [2.75, 3.05) is 13.1 Å². The minimum absolute atomic E-state index is 0.106. The normalized spacial score (nSPS) is 25.1. The van der Waals surface area contributed by atoms with Gasteiger partial charge in [-0.15, -0.1) is 0 Å². The number of rotatable bonds is 4. The highest BCUT2D eigenvalue weighted by molar-refractivity contribution is 6.32. The van der Waals surface area contributed by atoms with E-state index in [1.54, 1.807) is 12.1 Å².